The van der Waals surface area contributed by atoms with E-state index in [4.69, 9.17) is 4.74 Å². The third-order valence-electron chi connectivity index (χ3n) is 2.99. The van der Waals surface area contributed by atoms with Crippen LogP contribution in [-0.4, -0.2) is 18.4 Å². The third-order valence-corrected chi connectivity index (χ3v) is 5.22. The molecule has 0 saturated carbocycles. The molecule has 114 valence electrons. The van der Waals surface area contributed by atoms with Gasteiger partial charge in [0.05, 0.1) is 10.3 Å². The molecule has 1 atom stereocenters. The Bertz CT molecular complexity index is 508. The molecule has 0 spiro atoms. The zero-order valence-corrected chi connectivity index (χ0v) is 14.5. The van der Waals surface area contributed by atoms with Crippen molar-refractivity contribution < 1.29 is 4.74 Å². The van der Waals surface area contributed by atoms with E-state index in [1.54, 1.807) is 11.3 Å². The molecule has 0 fully saturated rings. The SMILES string of the molecule is CCNC(CSc1cccs1)c1ccc(OC(C)C)cc1. The molecular weight excluding hydrogens is 298 g/mol. The summed E-state index contributed by atoms with van der Waals surface area (Å²) in [5.74, 6) is 1.98. The van der Waals surface area contributed by atoms with E-state index in [1.165, 1.54) is 9.77 Å². The Morgan fingerprint density at radius 1 is 1.19 bits per heavy atom. The molecule has 0 amide bonds. The minimum atomic E-state index is 0.217. The van der Waals surface area contributed by atoms with Crippen LogP contribution in [0.3, 0.4) is 0 Å². The minimum absolute atomic E-state index is 0.217. The predicted octanol–water partition coefficient (Wildman–Crippen LogP) is 4.98. The Kier molecular flexibility index (Phi) is 6.61. The quantitative estimate of drug-likeness (QED) is 0.693. The Morgan fingerprint density at radius 2 is 1.95 bits per heavy atom. The van der Waals surface area contributed by atoms with E-state index < -0.39 is 0 Å². The van der Waals surface area contributed by atoms with Crippen molar-refractivity contribution in [3.05, 3.63) is 47.3 Å². The van der Waals surface area contributed by atoms with Crippen LogP contribution in [0.15, 0.2) is 46.0 Å². The van der Waals surface area contributed by atoms with Crippen LogP contribution in [0.4, 0.5) is 0 Å². The zero-order valence-electron chi connectivity index (χ0n) is 12.8. The Labute approximate surface area is 135 Å². The fourth-order valence-electron chi connectivity index (χ4n) is 2.08. The van der Waals surface area contributed by atoms with Crippen LogP contribution in [0.2, 0.25) is 0 Å². The molecule has 1 N–H and O–H groups in total. The lowest BCUT2D eigenvalue weighted by Gasteiger charge is -2.18. The molecule has 4 heteroatoms. The minimum Gasteiger partial charge on any atom is -0.491 e. The van der Waals surface area contributed by atoms with E-state index in [2.05, 4.69) is 54.0 Å². The molecule has 0 aliphatic carbocycles. The summed E-state index contributed by atoms with van der Waals surface area (Å²) in [5, 5.41) is 5.69. The molecule has 2 aromatic rings. The lowest BCUT2D eigenvalue weighted by Crippen LogP contribution is -2.22. The first-order chi connectivity index (χ1) is 10.2. The average Bonchev–Trinajstić information content (AvgIpc) is 2.97. The first-order valence-corrected chi connectivity index (χ1v) is 9.22. The van der Waals surface area contributed by atoms with Crippen LogP contribution < -0.4 is 10.1 Å². The van der Waals surface area contributed by atoms with Gasteiger partial charge < -0.3 is 10.1 Å². The van der Waals surface area contributed by atoms with Gasteiger partial charge in [0, 0.05) is 11.8 Å². The Balaban J connectivity index is 1.99. The van der Waals surface area contributed by atoms with Gasteiger partial charge in [0.2, 0.25) is 0 Å². The maximum Gasteiger partial charge on any atom is 0.119 e. The molecule has 1 aromatic heterocycles. The zero-order chi connectivity index (χ0) is 15.1. The summed E-state index contributed by atoms with van der Waals surface area (Å²) >= 11 is 3.71. The van der Waals surface area contributed by atoms with Gasteiger partial charge in [0.15, 0.2) is 0 Å². The summed E-state index contributed by atoms with van der Waals surface area (Å²) in [6.45, 7) is 7.22. The maximum absolute atomic E-state index is 5.70. The van der Waals surface area contributed by atoms with Crippen LogP contribution in [0.25, 0.3) is 0 Å². The first kappa shape index (κ1) is 16.4. The van der Waals surface area contributed by atoms with Crippen LogP contribution >= 0.6 is 23.1 Å². The molecule has 1 heterocycles. The molecule has 0 aliphatic rings. The lowest BCUT2D eigenvalue weighted by molar-refractivity contribution is 0.242. The summed E-state index contributed by atoms with van der Waals surface area (Å²) in [7, 11) is 0. The monoisotopic (exact) mass is 321 g/mol. The normalized spacial score (nSPS) is 12.6. The molecule has 1 aromatic carbocycles. The van der Waals surface area contributed by atoms with Crippen LogP contribution in [0.1, 0.15) is 32.4 Å². The topological polar surface area (TPSA) is 21.3 Å². The number of hydrogen-bond acceptors (Lipinski definition) is 4. The maximum atomic E-state index is 5.70. The summed E-state index contributed by atoms with van der Waals surface area (Å²) in [5.41, 5.74) is 1.32. The summed E-state index contributed by atoms with van der Waals surface area (Å²) in [4.78, 5) is 0. The fraction of sp³-hybridized carbons (Fsp3) is 0.412. The Hall–Kier alpha value is -0.970. The third kappa shape index (κ3) is 5.38. The van der Waals surface area contributed by atoms with Crippen molar-refractivity contribution in [2.24, 2.45) is 0 Å². The molecule has 0 bridgehead atoms. The summed E-state index contributed by atoms with van der Waals surface area (Å²) in [6.07, 6.45) is 0.217. The second-order valence-corrected chi connectivity index (χ2v) is 7.36. The summed E-state index contributed by atoms with van der Waals surface area (Å²) < 4.78 is 7.08. The highest BCUT2D eigenvalue weighted by Gasteiger charge is 2.11. The van der Waals surface area contributed by atoms with Gasteiger partial charge in [0.1, 0.15) is 5.75 Å². The van der Waals surface area contributed by atoms with E-state index in [1.807, 2.05) is 25.6 Å². The van der Waals surface area contributed by atoms with Crippen molar-refractivity contribution in [2.45, 2.75) is 37.1 Å². The lowest BCUT2D eigenvalue weighted by atomic mass is 10.1. The fourth-order valence-corrected chi connectivity index (χ4v) is 3.99. The number of rotatable bonds is 8. The van der Waals surface area contributed by atoms with Crippen molar-refractivity contribution in [1.82, 2.24) is 5.32 Å². The van der Waals surface area contributed by atoms with Gasteiger partial charge in [0.25, 0.3) is 0 Å². The van der Waals surface area contributed by atoms with Gasteiger partial charge in [-0.05, 0) is 49.5 Å². The van der Waals surface area contributed by atoms with Crippen molar-refractivity contribution in [1.29, 1.82) is 0 Å². The van der Waals surface area contributed by atoms with Gasteiger partial charge >= 0.3 is 0 Å². The average molecular weight is 322 g/mol. The van der Waals surface area contributed by atoms with E-state index in [-0.39, 0.29) is 6.10 Å². The standard InChI is InChI=1S/C17H23NOS2/c1-4-18-16(12-21-17-6-5-11-20-17)14-7-9-15(10-8-14)19-13(2)3/h5-11,13,16,18H,4,12H2,1-3H3. The van der Waals surface area contributed by atoms with Crippen molar-refractivity contribution in [3.63, 3.8) is 0 Å². The van der Waals surface area contributed by atoms with Gasteiger partial charge in [-0.3, -0.25) is 0 Å². The van der Waals surface area contributed by atoms with Gasteiger partial charge in [-0.25, -0.2) is 0 Å². The van der Waals surface area contributed by atoms with Crippen molar-refractivity contribution >= 4 is 23.1 Å². The molecule has 2 rings (SSSR count). The number of hydrogen-bond donors (Lipinski definition) is 1. The predicted molar refractivity (Wildman–Crippen MR) is 93.7 cm³/mol. The molecule has 1 unspecified atom stereocenters. The highest BCUT2D eigenvalue weighted by atomic mass is 32.2. The highest BCUT2D eigenvalue weighted by molar-refractivity contribution is 8.01. The van der Waals surface area contributed by atoms with Crippen LogP contribution in [0, 0.1) is 0 Å². The van der Waals surface area contributed by atoms with Crippen LogP contribution in [-0.2, 0) is 0 Å². The molecule has 2 nitrogen and oxygen atoms in total. The van der Waals surface area contributed by atoms with Gasteiger partial charge in [-0.15, -0.1) is 23.1 Å². The van der Waals surface area contributed by atoms with Crippen molar-refractivity contribution in [3.8, 4) is 5.75 Å². The van der Waals surface area contributed by atoms with Crippen LogP contribution in [0.5, 0.6) is 5.75 Å². The number of ether oxygens (including phenoxy) is 1. The second kappa shape index (κ2) is 8.47. The Morgan fingerprint density at radius 3 is 2.52 bits per heavy atom. The van der Waals surface area contributed by atoms with E-state index in [0.717, 1.165) is 18.0 Å². The number of nitrogens with one attached hydrogen (secondary N) is 1. The molecular formula is C17H23NOS2. The number of thioether (sulfide) groups is 1. The van der Waals surface area contributed by atoms with Gasteiger partial charge in [-0.2, -0.15) is 0 Å². The molecule has 21 heavy (non-hydrogen) atoms. The second-order valence-electron chi connectivity index (χ2n) is 5.09. The smallest absolute Gasteiger partial charge is 0.119 e. The number of benzene rings is 1. The van der Waals surface area contributed by atoms with E-state index >= 15 is 0 Å². The largest absolute Gasteiger partial charge is 0.491 e. The van der Waals surface area contributed by atoms with Crippen molar-refractivity contribution in [2.75, 3.05) is 12.3 Å². The van der Waals surface area contributed by atoms with Gasteiger partial charge in [-0.1, -0.05) is 25.1 Å². The molecule has 0 aliphatic heterocycles. The van der Waals surface area contributed by atoms with E-state index in [0.29, 0.717) is 6.04 Å². The highest BCUT2D eigenvalue weighted by Crippen LogP contribution is 2.29. The number of thiophene rings is 1. The van der Waals surface area contributed by atoms with E-state index in [9.17, 15) is 0 Å². The molecule has 0 radical (unpaired) electrons. The molecule has 0 saturated heterocycles. The summed E-state index contributed by atoms with van der Waals surface area (Å²) in [6, 6.07) is 13.1. The first-order valence-electron chi connectivity index (χ1n) is 7.35.